The van der Waals surface area contributed by atoms with Crippen molar-refractivity contribution in [3.05, 3.63) is 48.2 Å². The van der Waals surface area contributed by atoms with Gasteiger partial charge in [-0.15, -0.1) is 0 Å². The first-order chi connectivity index (χ1) is 10.9. The van der Waals surface area contributed by atoms with Crippen LogP contribution in [0.25, 0.3) is 11.1 Å². The van der Waals surface area contributed by atoms with Crippen molar-refractivity contribution in [3.63, 3.8) is 0 Å². The van der Waals surface area contributed by atoms with E-state index in [1.165, 1.54) is 12.1 Å². The Bertz CT molecular complexity index is 802. The van der Waals surface area contributed by atoms with Crippen LogP contribution in [0, 0.1) is 0 Å². The molecule has 0 saturated heterocycles. The highest BCUT2D eigenvalue weighted by molar-refractivity contribution is 8.00. The average Bonchev–Trinajstić information content (AvgIpc) is 2.90. The van der Waals surface area contributed by atoms with Crippen LogP contribution in [0.4, 0.5) is 19.0 Å². The van der Waals surface area contributed by atoms with Gasteiger partial charge in [-0.2, -0.15) is 13.2 Å². The Morgan fingerprint density at radius 2 is 1.91 bits per heavy atom. The standard InChI is InChI=1S/C15H12F3N3OS/c1-9(10-4-6-11(7-5-10)23-15(16,17)18)20-14-13-12(22-21-14)3-2-8-19-13/h2-9H,1H3,(H,20,21). The van der Waals surface area contributed by atoms with Crippen molar-refractivity contribution in [2.75, 3.05) is 5.32 Å². The predicted molar refractivity (Wildman–Crippen MR) is 82.2 cm³/mol. The Hall–Kier alpha value is -2.22. The van der Waals surface area contributed by atoms with Crippen molar-refractivity contribution in [3.8, 4) is 0 Å². The number of alkyl halides is 3. The van der Waals surface area contributed by atoms with E-state index in [9.17, 15) is 13.2 Å². The molecule has 2 aromatic heterocycles. The number of aromatic nitrogens is 2. The number of pyridine rings is 1. The number of fused-ring (bicyclic) bond motifs is 1. The number of benzene rings is 1. The van der Waals surface area contributed by atoms with Crippen LogP contribution in [0.2, 0.25) is 0 Å². The number of nitrogens with zero attached hydrogens (tertiary/aromatic N) is 2. The minimum Gasteiger partial charge on any atom is -0.359 e. The van der Waals surface area contributed by atoms with E-state index in [1.807, 2.05) is 6.92 Å². The van der Waals surface area contributed by atoms with Gasteiger partial charge in [0.25, 0.3) is 0 Å². The molecule has 3 rings (SSSR count). The van der Waals surface area contributed by atoms with Crippen LogP contribution in [-0.2, 0) is 0 Å². The fourth-order valence-electron chi connectivity index (χ4n) is 2.12. The fraction of sp³-hybridized carbons (Fsp3) is 0.200. The summed E-state index contributed by atoms with van der Waals surface area (Å²) in [4.78, 5) is 4.35. The lowest BCUT2D eigenvalue weighted by atomic mass is 10.1. The highest BCUT2D eigenvalue weighted by atomic mass is 32.2. The van der Waals surface area contributed by atoms with Crippen molar-refractivity contribution < 1.29 is 17.7 Å². The average molecular weight is 339 g/mol. The van der Waals surface area contributed by atoms with Gasteiger partial charge >= 0.3 is 5.51 Å². The van der Waals surface area contributed by atoms with E-state index >= 15 is 0 Å². The van der Waals surface area contributed by atoms with E-state index in [4.69, 9.17) is 4.52 Å². The van der Waals surface area contributed by atoms with Gasteiger partial charge in [-0.25, -0.2) is 4.98 Å². The maximum atomic E-state index is 12.3. The van der Waals surface area contributed by atoms with Gasteiger partial charge in [-0.3, -0.25) is 0 Å². The molecule has 0 radical (unpaired) electrons. The van der Waals surface area contributed by atoms with Gasteiger partial charge in [0, 0.05) is 11.1 Å². The summed E-state index contributed by atoms with van der Waals surface area (Å²) in [5.74, 6) is 0.502. The lowest BCUT2D eigenvalue weighted by Crippen LogP contribution is -2.07. The van der Waals surface area contributed by atoms with Crippen molar-refractivity contribution in [2.45, 2.75) is 23.4 Å². The van der Waals surface area contributed by atoms with Crippen molar-refractivity contribution in [2.24, 2.45) is 0 Å². The third-order valence-corrected chi connectivity index (χ3v) is 3.94. The Kier molecular flexibility index (Phi) is 4.16. The summed E-state index contributed by atoms with van der Waals surface area (Å²) >= 11 is -0.129. The number of halogens is 3. The topological polar surface area (TPSA) is 51.0 Å². The first kappa shape index (κ1) is 15.7. The molecule has 23 heavy (non-hydrogen) atoms. The number of thioether (sulfide) groups is 1. The summed E-state index contributed by atoms with van der Waals surface area (Å²) in [5.41, 5.74) is -2.26. The first-order valence-corrected chi connectivity index (χ1v) is 7.57. The van der Waals surface area contributed by atoms with Crippen LogP contribution < -0.4 is 5.32 Å². The molecule has 0 fully saturated rings. The molecular weight excluding hydrogens is 327 g/mol. The quantitative estimate of drug-likeness (QED) is 0.677. The number of nitrogens with one attached hydrogen (secondary N) is 1. The van der Waals surface area contributed by atoms with E-state index in [-0.39, 0.29) is 22.7 Å². The highest BCUT2D eigenvalue weighted by Gasteiger charge is 2.29. The van der Waals surface area contributed by atoms with Crippen LogP contribution in [0.1, 0.15) is 18.5 Å². The third-order valence-electron chi connectivity index (χ3n) is 3.20. The second-order valence-corrected chi connectivity index (χ2v) is 6.00. The molecule has 1 aromatic carbocycles. The molecular formula is C15H12F3N3OS. The molecule has 8 heteroatoms. The SMILES string of the molecule is CC(Nc1noc2cccnc12)c1ccc(SC(F)(F)F)cc1. The molecule has 4 nitrogen and oxygen atoms in total. The summed E-state index contributed by atoms with van der Waals surface area (Å²) < 4.78 is 42.1. The monoisotopic (exact) mass is 339 g/mol. The summed E-state index contributed by atoms with van der Waals surface area (Å²) in [6.07, 6.45) is 1.64. The summed E-state index contributed by atoms with van der Waals surface area (Å²) in [5, 5.41) is 7.08. The van der Waals surface area contributed by atoms with Gasteiger partial charge in [0.1, 0.15) is 0 Å². The Morgan fingerprint density at radius 3 is 2.61 bits per heavy atom. The summed E-state index contributed by atoms with van der Waals surface area (Å²) in [7, 11) is 0. The molecule has 2 heterocycles. The van der Waals surface area contributed by atoms with Crippen LogP contribution in [-0.4, -0.2) is 15.6 Å². The maximum absolute atomic E-state index is 12.3. The molecule has 0 bridgehead atoms. The normalized spacial score (nSPS) is 13.2. The lowest BCUT2D eigenvalue weighted by Gasteiger charge is -2.14. The van der Waals surface area contributed by atoms with Crippen LogP contribution >= 0.6 is 11.8 Å². The zero-order valence-electron chi connectivity index (χ0n) is 12.0. The smallest absolute Gasteiger partial charge is 0.359 e. The molecule has 0 aliphatic heterocycles. The molecule has 120 valence electrons. The van der Waals surface area contributed by atoms with Crippen LogP contribution in [0.5, 0.6) is 0 Å². The number of anilines is 1. The number of rotatable bonds is 4. The van der Waals surface area contributed by atoms with E-state index in [0.29, 0.717) is 16.9 Å². The molecule has 3 aromatic rings. The molecule has 1 atom stereocenters. The van der Waals surface area contributed by atoms with Gasteiger partial charge in [-0.1, -0.05) is 17.3 Å². The summed E-state index contributed by atoms with van der Waals surface area (Å²) in [6, 6.07) is 9.56. The van der Waals surface area contributed by atoms with Crippen molar-refractivity contribution in [1.82, 2.24) is 10.1 Å². The van der Waals surface area contributed by atoms with Crippen LogP contribution in [0.15, 0.2) is 52.0 Å². The van der Waals surface area contributed by atoms with Crippen LogP contribution in [0.3, 0.4) is 0 Å². The third kappa shape index (κ3) is 3.76. The number of hydrogen-bond acceptors (Lipinski definition) is 5. The van der Waals surface area contributed by atoms with Crippen molar-refractivity contribution in [1.29, 1.82) is 0 Å². The van der Waals surface area contributed by atoms with E-state index < -0.39 is 5.51 Å². The molecule has 1 unspecified atom stereocenters. The lowest BCUT2D eigenvalue weighted by molar-refractivity contribution is -0.0328. The zero-order valence-corrected chi connectivity index (χ0v) is 12.8. The Labute approximate surface area is 134 Å². The molecule has 0 aliphatic carbocycles. The second-order valence-electron chi connectivity index (χ2n) is 4.86. The largest absolute Gasteiger partial charge is 0.446 e. The van der Waals surface area contributed by atoms with Gasteiger partial charge in [0.05, 0.1) is 6.04 Å². The van der Waals surface area contributed by atoms with Gasteiger partial charge in [0.2, 0.25) is 0 Å². The first-order valence-electron chi connectivity index (χ1n) is 6.75. The van der Waals surface area contributed by atoms with Gasteiger partial charge in [-0.05, 0) is 48.5 Å². The van der Waals surface area contributed by atoms with E-state index in [0.717, 1.165) is 5.56 Å². The molecule has 1 N–H and O–H groups in total. The summed E-state index contributed by atoms with van der Waals surface area (Å²) in [6.45, 7) is 1.88. The van der Waals surface area contributed by atoms with Gasteiger partial charge < -0.3 is 9.84 Å². The van der Waals surface area contributed by atoms with Gasteiger partial charge in [0.15, 0.2) is 16.9 Å². The molecule has 0 amide bonds. The maximum Gasteiger partial charge on any atom is 0.446 e. The highest BCUT2D eigenvalue weighted by Crippen LogP contribution is 2.37. The molecule has 0 aliphatic rings. The molecule has 0 saturated carbocycles. The van der Waals surface area contributed by atoms with E-state index in [2.05, 4.69) is 15.5 Å². The minimum absolute atomic E-state index is 0.129. The second kappa shape index (κ2) is 6.11. The predicted octanol–water partition coefficient (Wildman–Crippen LogP) is 5.01. The fourth-order valence-corrected chi connectivity index (χ4v) is 2.66. The minimum atomic E-state index is -4.28. The zero-order chi connectivity index (χ0) is 16.4. The molecule has 0 spiro atoms. The number of hydrogen-bond donors (Lipinski definition) is 1. The van der Waals surface area contributed by atoms with E-state index in [1.54, 1.807) is 30.5 Å². The Balaban J connectivity index is 1.74. The Morgan fingerprint density at radius 1 is 1.17 bits per heavy atom. The van der Waals surface area contributed by atoms with Crippen molar-refractivity contribution >= 4 is 28.7 Å².